The van der Waals surface area contributed by atoms with Gasteiger partial charge in [-0.1, -0.05) is 0 Å². The highest BCUT2D eigenvalue weighted by Crippen LogP contribution is 2.28. The van der Waals surface area contributed by atoms with Crippen LogP contribution in [-0.4, -0.2) is 47.6 Å². The third-order valence-corrected chi connectivity index (χ3v) is 6.98. The number of thiazole rings is 1. The Balaban J connectivity index is 1.64. The molecule has 3 heterocycles. The summed E-state index contributed by atoms with van der Waals surface area (Å²) in [6.45, 7) is 5.69. The molecule has 4 rings (SSSR count). The number of aryl methyl sites for hydroxylation is 1. The van der Waals surface area contributed by atoms with Crippen LogP contribution in [0.25, 0.3) is 11.3 Å². The monoisotopic (exact) mass is 454 g/mol. The average molecular weight is 455 g/mol. The van der Waals surface area contributed by atoms with E-state index in [9.17, 15) is 4.79 Å². The summed E-state index contributed by atoms with van der Waals surface area (Å²) in [4.78, 5) is 24.9. The van der Waals surface area contributed by atoms with Gasteiger partial charge in [0.25, 0.3) is 5.91 Å². The van der Waals surface area contributed by atoms with E-state index in [4.69, 9.17) is 9.72 Å². The van der Waals surface area contributed by atoms with Crippen LogP contribution in [0.4, 0.5) is 5.82 Å². The molecule has 3 aromatic rings. The molecule has 162 valence electrons. The molecule has 31 heavy (non-hydrogen) atoms. The molecule has 1 aromatic carbocycles. The number of nitrogens with zero attached hydrogens (tertiary/aromatic N) is 3. The number of rotatable bonds is 6. The second kappa shape index (κ2) is 9.70. The Hall–Kier alpha value is -2.58. The number of benzene rings is 1. The van der Waals surface area contributed by atoms with E-state index in [0.29, 0.717) is 5.56 Å². The van der Waals surface area contributed by atoms with Crippen LogP contribution in [-0.2, 0) is 0 Å². The van der Waals surface area contributed by atoms with Crippen LogP contribution in [0.2, 0.25) is 0 Å². The fourth-order valence-electron chi connectivity index (χ4n) is 3.49. The zero-order chi connectivity index (χ0) is 21.8. The number of nitrogens with one attached hydrogen (secondary N) is 1. The number of hydrogen-bond donors (Lipinski definition) is 1. The van der Waals surface area contributed by atoms with Gasteiger partial charge in [-0.2, -0.15) is 11.8 Å². The number of amides is 1. The quantitative estimate of drug-likeness (QED) is 0.589. The summed E-state index contributed by atoms with van der Waals surface area (Å²) in [5.41, 5.74) is 3.32. The number of carbonyl (C=O) groups is 1. The lowest BCUT2D eigenvalue weighted by Gasteiger charge is -2.29. The Morgan fingerprint density at radius 1 is 1.13 bits per heavy atom. The molecule has 1 atom stereocenters. The number of hydrogen-bond acceptors (Lipinski definition) is 7. The third-order valence-electron chi connectivity index (χ3n) is 5.24. The Labute approximate surface area is 191 Å². The molecule has 1 N–H and O–H groups in total. The van der Waals surface area contributed by atoms with E-state index >= 15 is 0 Å². The molecule has 0 spiro atoms. The Kier molecular flexibility index (Phi) is 6.77. The summed E-state index contributed by atoms with van der Waals surface area (Å²) in [5.74, 6) is 3.49. The first-order chi connectivity index (χ1) is 15.0. The van der Waals surface area contributed by atoms with Gasteiger partial charge >= 0.3 is 0 Å². The fraction of sp³-hybridized carbons (Fsp3) is 0.348. The highest BCUT2D eigenvalue weighted by Gasteiger charge is 2.23. The van der Waals surface area contributed by atoms with Gasteiger partial charge in [-0.05, 0) is 50.2 Å². The first-order valence-corrected chi connectivity index (χ1v) is 12.3. The predicted molar refractivity (Wildman–Crippen MR) is 128 cm³/mol. The van der Waals surface area contributed by atoms with Crippen LogP contribution < -0.4 is 15.0 Å². The summed E-state index contributed by atoms with van der Waals surface area (Å²) in [7, 11) is 1.65. The Morgan fingerprint density at radius 3 is 2.52 bits per heavy atom. The fourth-order valence-corrected chi connectivity index (χ4v) is 5.10. The smallest absolute Gasteiger partial charge is 0.255 e. The molecule has 6 nitrogen and oxygen atoms in total. The maximum absolute atomic E-state index is 13.2. The number of thioether (sulfide) groups is 1. The van der Waals surface area contributed by atoms with Gasteiger partial charge in [0, 0.05) is 35.5 Å². The molecule has 1 aliphatic heterocycles. The van der Waals surface area contributed by atoms with E-state index in [1.54, 1.807) is 18.4 Å². The van der Waals surface area contributed by atoms with Crippen molar-refractivity contribution in [2.45, 2.75) is 19.9 Å². The lowest BCUT2D eigenvalue weighted by Crippen LogP contribution is -2.36. The molecule has 1 unspecified atom stereocenters. The van der Waals surface area contributed by atoms with Gasteiger partial charge in [-0.25, -0.2) is 9.97 Å². The minimum atomic E-state index is -0.163. The van der Waals surface area contributed by atoms with Crippen molar-refractivity contribution in [3.8, 4) is 17.0 Å². The van der Waals surface area contributed by atoms with Crippen molar-refractivity contribution < 1.29 is 9.53 Å². The molecular weight excluding hydrogens is 428 g/mol. The summed E-state index contributed by atoms with van der Waals surface area (Å²) >= 11 is 3.52. The average Bonchev–Trinajstić information content (AvgIpc) is 3.26. The van der Waals surface area contributed by atoms with Gasteiger partial charge in [0.2, 0.25) is 0 Å². The van der Waals surface area contributed by atoms with Crippen LogP contribution >= 0.6 is 23.1 Å². The van der Waals surface area contributed by atoms with Gasteiger partial charge in [-0.3, -0.25) is 4.79 Å². The SMILES string of the molecule is COc1ccc(-c2ccc(C(=O)NC(C)c3csc(C)n3)c(N3CCSCC3)n2)cc1. The predicted octanol–water partition coefficient (Wildman–Crippen LogP) is 4.57. The van der Waals surface area contributed by atoms with Crippen molar-refractivity contribution in [2.75, 3.05) is 36.6 Å². The van der Waals surface area contributed by atoms with Crippen LogP contribution in [0.3, 0.4) is 0 Å². The largest absolute Gasteiger partial charge is 0.497 e. The lowest BCUT2D eigenvalue weighted by atomic mass is 10.1. The number of methoxy groups -OCH3 is 1. The maximum Gasteiger partial charge on any atom is 0.255 e. The van der Waals surface area contributed by atoms with Crippen LogP contribution in [0.15, 0.2) is 41.8 Å². The van der Waals surface area contributed by atoms with E-state index in [1.807, 2.05) is 67.4 Å². The van der Waals surface area contributed by atoms with Gasteiger partial charge in [0.15, 0.2) is 0 Å². The second-order valence-electron chi connectivity index (χ2n) is 7.38. The number of pyridine rings is 1. The molecule has 1 aliphatic rings. The second-order valence-corrected chi connectivity index (χ2v) is 9.67. The van der Waals surface area contributed by atoms with Crippen molar-refractivity contribution in [1.82, 2.24) is 15.3 Å². The minimum Gasteiger partial charge on any atom is -0.497 e. The zero-order valence-corrected chi connectivity index (χ0v) is 19.6. The van der Waals surface area contributed by atoms with E-state index in [-0.39, 0.29) is 11.9 Å². The molecule has 8 heteroatoms. The minimum absolute atomic E-state index is 0.125. The molecule has 1 fully saturated rings. The lowest BCUT2D eigenvalue weighted by molar-refractivity contribution is 0.0939. The highest BCUT2D eigenvalue weighted by atomic mass is 32.2. The summed E-state index contributed by atoms with van der Waals surface area (Å²) in [5, 5.41) is 6.08. The van der Waals surface area contributed by atoms with Crippen molar-refractivity contribution >= 4 is 34.8 Å². The van der Waals surface area contributed by atoms with Crippen LogP contribution in [0.1, 0.15) is 34.0 Å². The van der Waals surface area contributed by atoms with Crippen LogP contribution in [0, 0.1) is 6.92 Å². The van der Waals surface area contributed by atoms with Gasteiger partial charge in [0.1, 0.15) is 11.6 Å². The van der Waals surface area contributed by atoms with Gasteiger partial charge in [0.05, 0.1) is 35.1 Å². The van der Waals surface area contributed by atoms with E-state index in [0.717, 1.165) is 58.1 Å². The Morgan fingerprint density at radius 2 is 1.87 bits per heavy atom. The number of aromatic nitrogens is 2. The molecule has 0 radical (unpaired) electrons. The van der Waals surface area contributed by atoms with Crippen molar-refractivity contribution in [3.63, 3.8) is 0 Å². The summed E-state index contributed by atoms with van der Waals surface area (Å²) in [6, 6.07) is 11.5. The molecule has 0 aliphatic carbocycles. The molecular formula is C23H26N4O2S2. The normalized spacial score (nSPS) is 14.9. The topological polar surface area (TPSA) is 67.3 Å². The highest BCUT2D eigenvalue weighted by molar-refractivity contribution is 7.99. The molecule has 1 amide bonds. The summed E-state index contributed by atoms with van der Waals surface area (Å²) in [6.07, 6.45) is 0. The third kappa shape index (κ3) is 5.02. The van der Waals surface area contributed by atoms with Crippen molar-refractivity contribution in [3.05, 3.63) is 58.0 Å². The van der Waals surface area contributed by atoms with Gasteiger partial charge < -0.3 is 15.0 Å². The van der Waals surface area contributed by atoms with Crippen molar-refractivity contribution in [2.24, 2.45) is 0 Å². The molecule has 2 aromatic heterocycles. The molecule has 1 saturated heterocycles. The standard InChI is InChI=1S/C23H26N4O2S2/c1-15(21-14-31-16(2)25-21)24-23(28)19-8-9-20(17-4-6-18(29-3)7-5-17)26-22(19)27-10-12-30-13-11-27/h4-9,14-15H,10-13H2,1-3H3,(H,24,28). The van der Waals surface area contributed by atoms with Crippen LogP contribution in [0.5, 0.6) is 5.75 Å². The Bertz CT molecular complexity index is 1050. The molecule has 0 bridgehead atoms. The maximum atomic E-state index is 13.2. The zero-order valence-electron chi connectivity index (χ0n) is 17.9. The van der Waals surface area contributed by atoms with Crippen molar-refractivity contribution in [1.29, 1.82) is 0 Å². The molecule has 0 saturated carbocycles. The number of anilines is 1. The summed E-state index contributed by atoms with van der Waals surface area (Å²) < 4.78 is 5.26. The first-order valence-electron chi connectivity index (χ1n) is 10.3. The van der Waals surface area contributed by atoms with E-state index in [1.165, 1.54) is 0 Å². The van der Waals surface area contributed by atoms with E-state index < -0.39 is 0 Å². The number of carbonyl (C=O) groups excluding carboxylic acids is 1. The van der Waals surface area contributed by atoms with Gasteiger partial charge in [-0.15, -0.1) is 11.3 Å². The first kappa shape index (κ1) is 21.6. The van der Waals surface area contributed by atoms with E-state index in [2.05, 4.69) is 15.2 Å². The number of ether oxygens (including phenoxy) is 1.